The minimum atomic E-state index is 0.0764. The lowest BCUT2D eigenvalue weighted by molar-refractivity contribution is -0.128. The number of thioether (sulfide) groups is 1. The smallest absolute Gasteiger partial charge is 0.233 e. The first-order valence-electron chi connectivity index (χ1n) is 8.78. The third-order valence-corrected chi connectivity index (χ3v) is 6.36. The van der Waals surface area contributed by atoms with E-state index in [1.165, 1.54) is 23.1 Å². The maximum absolute atomic E-state index is 12.5. The molecule has 0 aliphatic carbocycles. The minimum absolute atomic E-state index is 0.0764. The summed E-state index contributed by atoms with van der Waals surface area (Å²) in [6, 6.07) is 7.88. The van der Waals surface area contributed by atoms with Gasteiger partial charge in [-0.25, -0.2) is 9.97 Å². The van der Waals surface area contributed by atoms with Gasteiger partial charge in [-0.05, 0) is 24.6 Å². The van der Waals surface area contributed by atoms with Gasteiger partial charge in [0.05, 0.1) is 25.1 Å². The van der Waals surface area contributed by atoms with Crippen molar-refractivity contribution in [2.75, 3.05) is 12.9 Å². The van der Waals surface area contributed by atoms with Gasteiger partial charge in [-0.3, -0.25) is 4.79 Å². The molecule has 1 amide bonds. The van der Waals surface area contributed by atoms with E-state index in [0.717, 1.165) is 37.7 Å². The number of aryl methyl sites for hydroxylation is 1. The van der Waals surface area contributed by atoms with Crippen LogP contribution in [-0.2, 0) is 24.3 Å². The Hall–Kier alpha value is -2.52. The zero-order valence-corrected chi connectivity index (χ0v) is 17.2. The lowest BCUT2D eigenvalue weighted by Gasteiger charge is -2.13. The van der Waals surface area contributed by atoms with Crippen LogP contribution in [0.25, 0.3) is 0 Å². The number of carbonyl (C=O) groups excluding carboxylic acids is 1. The summed E-state index contributed by atoms with van der Waals surface area (Å²) in [6.45, 7) is 3.00. The summed E-state index contributed by atoms with van der Waals surface area (Å²) in [7, 11) is 1.65. The third-order valence-electron chi connectivity index (χ3n) is 4.41. The van der Waals surface area contributed by atoms with Crippen molar-refractivity contribution in [1.29, 1.82) is 0 Å². The number of hydrogen-bond donors (Lipinski definition) is 0. The predicted octanol–water partition coefficient (Wildman–Crippen LogP) is 2.87. The monoisotopic (exact) mass is 413 g/mol. The lowest BCUT2D eigenvalue weighted by Crippen LogP contribution is -2.27. The minimum Gasteiger partial charge on any atom is -0.497 e. The summed E-state index contributed by atoms with van der Waals surface area (Å²) in [5.41, 5.74) is 3.07. The molecule has 4 rings (SSSR count). The highest BCUT2D eigenvalue weighted by Crippen LogP contribution is 2.25. The van der Waals surface area contributed by atoms with Crippen LogP contribution in [0.15, 0.2) is 34.8 Å². The molecular weight excluding hydrogens is 394 g/mol. The van der Waals surface area contributed by atoms with Crippen LogP contribution in [0.3, 0.4) is 0 Å². The number of nitrogens with zero attached hydrogens (tertiary/aromatic N) is 5. The molecule has 28 heavy (non-hydrogen) atoms. The van der Waals surface area contributed by atoms with E-state index in [2.05, 4.69) is 20.2 Å². The molecule has 0 radical (unpaired) electrons. The first-order valence-corrected chi connectivity index (χ1v) is 10.6. The molecule has 0 spiro atoms. The molecule has 0 atom stereocenters. The van der Waals surface area contributed by atoms with Gasteiger partial charge in [-0.15, -0.1) is 10.2 Å². The van der Waals surface area contributed by atoms with Crippen molar-refractivity contribution < 1.29 is 9.53 Å². The standard InChI is InChI=1S/C19H19N5O2S2/c1-12-22-23-19(28-12)27-11-18(25)24-9-14-8-20-17(21-16(14)10-24)7-13-3-5-15(26-2)6-4-13/h3-6,8H,7,9-11H2,1-2H3. The van der Waals surface area contributed by atoms with Crippen molar-refractivity contribution in [3.63, 3.8) is 0 Å². The van der Waals surface area contributed by atoms with Crippen molar-refractivity contribution in [1.82, 2.24) is 25.1 Å². The van der Waals surface area contributed by atoms with Crippen molar-refractivity contribution in [2.24, 2.45) is 0 Å². The van der Waals surface area contributed by atoms with Crippen LogP contribution in [0.5, 0.6) is 5.75 Å². The first kappa shape index (κ1) is 18.8. The van der Waals surface area contributed by atoms with Gasteiger partial charge in [-0.1, -0.05) is 35.2 Å². The quantitative estimate of drug-likeness (QED) is 0.575. The summed E-state index contributed by atoms with van der Waals surface area (Å²) in [5.74, 6) is 2.02. The Balaban J connectivity index is 1.37. The highest BCUT2D eigenvalue weighted by molar-refractivity contribution is 8.01. The third kappa shape index (κ3) is 4.31. The van der Waals surface area contributed by atoms with Crippen LogP contribution in [0.4, 0.5) is 0 Å². The number of fused-ring (bicyclic) bond motifs is 1. The fourth-order valence-corrected chi connectivity index (χ4v) is 4.65. The zero-order valence-electron chi connectivity index (χ0n) is 15.6. The predicted molar refractivity (Wildman–Crippen MR) is 107 cm³/mol. The molecule has 0 bridgehead atoms. The molecule has 0 N–H and O–H groups in total. The van der Waals surface area contributed by atoms with Crippen molar-refractivity contribution in [3.05, 3.63) is 58.1 Å². The highest BCUT2D eigenvalue weighted by Gasteiger charge is 2.25. The molecule has 7 nitrogen and oxygen atoms in total. The average molecular weight is 414 g/mol. The number of carbonyl (C=O) groups is 1. The number of aromatic nitrogens is 4. The molecule has 0 unspecified atom stereocenters. The summed E-state index contributed by atoms with van der Waals surface area (Å²) in [6.07, 6.45) is 2.49. The van der Waals surface area contributed by atoms with E-state index < -0.39 is 0 Å². The molecule has 0 saturated carbocycles. The summed E-state index contributed by atoms with van der Waals surface area (Å²) < 4.78 is 6.01. The Morgan fingerprint density at radius 1 is 1.25 bits per heavy atom. The normalized spacial score (nSPS) is 12.9. The van der Waals surface area contributed by atoms with Gasteiger partial charge >= 0.3 is 0 Å². The van der Waals surface area contributed by atoms with Gasteiger partial charge in [0.15, 0.2) is 4.34 Å². The molecular formula is C19H19N5O2S2. The molecule has 1 aliphatic rings. The number of methoxy groups -OCH3 is 1. The SMILES string of the molecule is COc1ccc(Cc2ncc3c(n2)CN(C(=O)CSc2nnc(C)s2)C3)cc1. The van der Waals surface area contributed by atoms with E-state index in [1.807, 2.05) is 42.3 Å². The molecule has 0 fully saturated rings. The van der Waals surface area contributed by atoms with Crippen LogP contribution in [0.1, 0.15) is 27.7 Å². The Labute approximate surface area is 171 Å². The van der Waals surface area contributed by atoms with E-state index in [9.17, 15) is 4.79 Å². The topological polar surface area (TPSA) is 81.1 Å². The number of amides is 1. The second kappa shape index (κ2) is 8.24. The van der Waals surface area contributed by atoms with Crippen LogP contribution in [-0.4, -0.2) is 43.8 Å². The summed E-state index contributed by atoms with van der Waals surface area (Å²) in [5, 5.41) is 8.93. The Bertz CT molecular complexity index is 990. The van der Waals surface area contributed by atoms with Crippen LogP contribution >= 0.6 is 23.1 Å². The van der Waals surface area contributed by atoms with Crippen molar-refractivity contribution in [3.8, 4) is 5.75 Å². The molecule has 0 saturated heterocycles. The Morgan fingerprint density at radius 2 is 2.07 bits per heavy atom. The second-order valence-corrected chi connectivity index (χ2v) is 8.81. The maximum atomic E-state index is 12.5. The van der Waals surface area contributed by atoms with Crippen LogP contribution in [0.2, 0.25) is 0 Å². The van der Waals surface area contributed by atoms with Gasteiger partial charge in [-0.2, -0.15) is 0 Å². The fourth-order valence-electron chi connectivity index (χ4n) is 2.93. The van der Waals surface area contributed by atoms with Crippen molar-refractivity contribution in [2.45, 2.75) is 30.8 Å². The zero-order chi connectivity index (χ0) is 19.5. The molecule has 1 aliphatic heterocycles. The van der Waals surface area contributed by atoms with E-state index in [1.54, 1.807) is 7.11 Å². The summed E-state index contributed by atoms with van der Waals surface area (Å²) in [4.78, 5) is 23.5. The van der Waals surface area contributed by atoms with Gasteiger partial charge in [0.25, 0.3) is 0 Å². The lowest BCUT2D eigenvalue weighted by atomic mass is 10.1. The average Bonchev–Trinajstić information content (AvgIpc) is 3.32. The molecule has 2 aromatic heterocycles. The molecule has 9 heteroatoms. The second-order valence-electron chi connectivity index (χ2n) is 6.41. The molecule has 144 valence electrons. The number of hydrogen-bond acceptors (Lipinski definition) is 8. The van der Waals surface area contributed by atoms with Gasteiger partial charge < -0.3 is 9.64 Å². The number of ether oxygens (including phenoxy) is 1. The van der Waals surface area contributed by atoms with Gasteiger partial charge in [0.2, 0.25) is 5.91 Å². The molecule has 1 aromatic carbocycles. The largest absolute Gasteiger partial charge is 0.497 e. The van der Waals surface area contributed by atoms with Crippen LogP contribution in [0, 0.1) is 6.92 Å². The van der Waals surface area contributed by atoms with E-state index in [0.29, 0.717) is 25.3 Å². The van der Waals surface area contributed by atoms with Gasteiger partial charge in [0.1, 0.15) is 16.6 Å². The number of benzene rings is 1. The van der Waals surface area contributed by atoms with Gasteiger partial charge in [0, 0.05) is 24.7 Å². The maximum Gasteiger partial charge on any atom is 0.233 e. The first-order chi connectivity index (χ1) is 13.6. The van der Waals surface area contributed by atoms with E-state index >= 15 is 0 Å². The van der Waals surface area contributed by atoms with Crippen LogP contribution < -0.4 is 4.74 Å². The van der Waals surface area contributed by atoms with E-state index in [-0.39, 0.29) is 5.91 Å². The van der Waals surface area contributed by atoms with E-state index in [4.69, 9.17) is 4.74 Å². The van der Waals surface area contributed by atoms with Crippen molar-refractivity contribution >= 4 is 29.0 Å². The molecule has 3 heterocycles. The molecule has 3 aromatic rings. The fraction of sp³-hybridized carbons (Fsp3) is 0.316. The Kier molecular flexibility index (Phi) is 5.54. The number of rotatable bonds is 6. The highest BCUT2D eigenvalue weighted by atomic mass is 32.2. The Morgan fingerprint density at radius 3 is 2.79 bits per heavy atom. The summed E-state index contributed by atoms with van der Waals surface area (Å²) >= 11 is 2.93.